The number of nitrogens with two attached hydrogens (primary N) is 1. The van der Waals surface area contributed by atoms with Crippen LogP contribution in [0.15, 0.2) is 18.2 Å². The molecule has 1 aromatic heterocycles. The molecule has 7 heteroatoms. The molecule has 2 N–H and O–H groups in total. The highest BCUT2D eigenvalue weighted by Crippen LogP contribution is 2.28. The van der Waals surface area contributed by atoms with E-state index in [9.17, 15) is 10.1 Å². The predicted octanol–water partition coefficient (Wildman–Crippen LogP) is 2.20. The van der Waals surface area contributed by atoms with Crippen molar-refractivity contribution >= 4 is 5.69 Å². The molecule has 20 heavy (non-hydrogen) atoms. The minimum absolute atomic E-state index is 0.0400. The molecule has 0 atom stereocenters. The number of non-ortho nitro benzene ring substituents is 1. The lowest BCUT2D eigenvalue weighted by molar-refractivity contribution is -0.384. The van der Waals surface area contributed by atoms with Gasteiger partial charge in [-0.2, -0.15) is 0 Å². The Morgan fingerprint density at radius 2 is 2.10 bits per heavy atom. The topological polar surface area (TPSA) is 99.9 Å². The van der Waals surface area contributed by atoms with E-state index < -0.39 is 4.92 Å². The molecule has 1 aromatic carbocycles. The van der Waals surface area contributed by atoms with Crippen LogP contribution in [0.3, 0.4) is 0 Å². The number of nitro groups is 1. The fourth-order valence-electron chi connectivity index (χ4n) is 2.15. The minimum Gasteiger partial charge on any atom is -0.324 e. The molecule has 2 rings (SSSR count). The van der Waals surface area contributed by atoms with Gasteiger partial charge >= 0.3 is 0 Å². The lowest BCUT2D eigenvalue weighted by atomic mass is 10.1. The second-order valence-corrected chi connectivity index (χ2v) is 4.86. The molecule has 0 saturated carbocycles. The van der Waals surface area contributed by atoms with Crippen LogP contribution >= 0.6 is 0 Å². The first-order chi connectivity index (χ1) is 9.45. The van der Waals surface area contributed by atoms with Crippen LogP contribution in [0.25, 0.3) is 11.4 Å². The van der Waals surface area contributed by atoms with Crippen LogP contribution in [-0.4, -0.2) is 19.7 Å². The van der Waals surface area contributed by atoms with Crippen molar-refractivity contribution in [2.75, 3.05) is 0 Å². The van der Waals surface area contributed by atoms with E-state index in [1.54, 1.807) is 6.07 Å². The number of benzene rings is 1. The van der Waals surface area contributed by atoms with E-state index in [4.69, 9.17) is 5.73 Å². The van der Waals surface area contributed by atoms with Gasteiger partial charge < -0.3 is 10.3 Å². The summed E-state index contributed by atoms with van der Waals surface area (Å²) in [5.41, 5.74) is 7.32. The van der Waals surface area contributed by atoms with Crippen molar-refractivity contribution in [2.45, 2.75) is 33.4 Å². The summed E-state index contributed by atoms with van der Waals surface area (Å²) in [6.45, 7) is 6.16. The molecule has 106 valence electrons. The Morgan fingerprint density at radius 3 is 2.65 bits per heavy atom. The van der Waals surface area contributed by atoms with Crippen molar-refractivity contribution in [1.29, 1.82) is 0 Å². The number of hydrogen-bond donors (Lipinski definition) is 1. The zero-order valence-corrected chi connectivity index (χ0v) is 11.7. The zero-order valence-electron chi connectivity index (χ0n) is 11.7. The Balaban J connectivity index is 2.65. The molecule has 0 unspecified atom stereocenters. The van der Waals surface area contributed by atoms with Gasteiger partial charge in [0.2, 0.25) is 0 Å². The Morgan fingerprint density at radius 1 is 1.40 bits per heavy atom. The summed E-state index contributed by atoms with van der Waals surface area (Å²) in [5.74, 6) is 1.28. The standard InChI is InChI=1S/C13H17N5O2/c1-8(2)17-12(7-14)15-16-13(17)11-6-10(18(19)20)5-4-9(11)3/h4-6,8H,7,14H2,1-3H3. The van der Waals surface area contributed by atoms with E-state index in [1.165, 1.54) is 12.1 Å². The van der Waals surface area contributed by atoms with E-state index in [-0.39, 0.29) is 18.3 Å². The molecular weight excluding hydrogens is 258 g/mol. The molecule has 1 heterocycles. The van der Waals surface area contributed by atoms with E-state index in [0.717, 1.165) is 5.56 Å². The van der Waals surface area contributed by atoms with Gasteiger partial charge in [-0.1, -0.05) is 6.07 Å². The smallest absolute Gasteiger partial charge is 0.270 e. The molecule has 0 aliphatic carbocycles. The fourth-order valence-corrected chi connectivity index (χ4v) is 2.15. The third-order valence-corrected chi connectivity index (χ3v) is 3.14. The first-order valence-electron chi connectivity index (χ1n) is 6.35. The zero-order chi connectivity index (χ0) is 14.9. The summed E-state index contributed by atoms with van der Waals surface area (Å²) in [7, 11) is 0. The molecule has 0 amide bonds. The lowest BCUT2D eigenvalue weighted by Gasteiger charge is -2.14. The van der Waals surface area contributed by atoms with Gasteiger partial charge in [0.15, 0.2) is 5.82 Å². The van der Waals surface area contributed by atoms with E-state index in [2.05, 4.69) is 10.2 Å². The van der Waals surface area contributed by atoms with Crippen molar-refractivity contribution in [1.82, 2.24) is 14.8 Å². The third-order valence-electron chi connectivity index (χ3n) is 3.14. The van der Waals surface area contributed by atoms with Crippen molar-refractivity contribution in [3.8, 4) is 11.4 Å². The molecule has 0 aliphatic heterocycles. The van der Waals surface area contributed by atoms with Crippen molar-refractivity contribution in [2.24, 2.45) is 5.73 Å². The number of nitro benzene ring substituents is 1. The summed E-state index contributed by atoms with van der Waals surface area (Å²) >= 11 is 0. The second kappa shape index (κ2) is 5.38. The van der Waals surface area contributed by atoms with Crippen LogP contribution in [0.5, 0.6) is 0 Å². The van der Waals surface area contributed by atoms with Gasteiger partial charge in [0, 0.05) is 23.7 Å². The fraction of sp³-hybridized carbons (Fsp3) is 0.385. The molecule has 0 fully saturated rings. The van der Waals surface area contributed by atoms with Gasteiger partial charge in [-0.3, -0.25) is 10.1 Å². The number of rotatable bonds is 4. The normalized spacial score (nSPS) is 11.1. The highest BCUT2D eigenvalue weighted by molar-refractivity contribution is 5.64. The summed E-state index contributed by atoms with van der Waals surface area (Å²) in [5, 5.41) is 19.1. The third kappa shape index (κ3) is 2.39. The van der Waals surface area contributed by atoms with Crippen molar-refractivity contribution < 1.29 is 4.92 Å². The number of nitrogens with zero attached hydrogens (tertiary/aromatic N) is 4. The van der Waals surface area contributed by atoms with Crippen LogP contribution in [0, 0.1) is 17.0 Å². The van der Waals surface area contributed by atoms with E-state index in [0.29, 0.717) is 17.2 Å². The summed E-state index contributed by atoms with van der Waals surface area (Å²) in [6, 6.07) is 4.85. The highest BCUT2D eigenvalue weighted by atomic mass is 16.6. The van der Waals surface area contributed by atoms with Gasteiger partial charge in [0.25, 0.3) is 5.69 Å². The lowest BCUT2D eigenvalue weighted by Crippen LogP contribution is -2.12. The largest absolute Gasteiger partial charge is 0.324 e. The minimum atomic E-state index is -0.414. The monoisotopic (exact) mass is 275 g/mol. The summed E-state index contributed by atoms with van der Waals surface area (Å²) in [4.78, 5) is 10.5. The van der Waals surface area contributed by atoms with Gasteiger partial charge in [0.1, 0.15) is 5.82 Å². The maximum atomic E-state index is 10.9. The summed E-state index contributed by atoms with van der Waals surface area (Å²) < 4.78 is 1.91. The van der Waals surface area contributed by atoms with Gasteiger partial charge in [-0.05, 0) is 26.3 Å². The van der Waals surface area contributed by atoms with Crippen LogP contribution < -0.4 is 5.73 Å². The quantitative estimate of drug-likeness (QED) is 0.681. The molecule has 0 spiro atoms. The second-order valence-electron chi connectivity index (χ2n) is 4.86. The Labute approximate surface area is 116 Å². The molecule has 0 saturated heterocycles. The first kappa shape index (κ1) is 14.1. The molecule has 0 radical (unpaired) electrons. The van der Waals surface area contributed by atoms with Crippen LogP contribution in [0.4, 0.5) is 5.69 Å². The van der Waals surface area contributed by atoms with E-state index in [1.807, 2.05) is 25.3 Å². The maximum absolute atomic E-state index is 10.9. The SMILES string of the molecule is Cc1ccc([N+](=O)[O-])cc1-c1nnc(CN)n1C(C)C. The Kier molecular flexibility index (Phi) is 3.80. The van der Waals surface area contributed by atoms with Crippen molar-refractivity contribution in [3.05, 3.63) is 39.7 Å². The van der Waals surface area contributed by atoms with Crippen molar-refractivity contribution in [3.63, 3.8) is 0 Å². The van der Waals surface area contributed by atoms with Crippen LogP contribution in [0.2, 0.25) is 0 Å². The number of hydrogen-bond acceptors (Lipinski definition) is 5. The highest BCUT2D eigenvalue weighted by Gasteiger charge is 2.19. The molecule has 2 aromatic rings. The molecular formula is C13H17N5O2. The Hall–Kier alpha value is -2.28. The Bertz CT molecular complexity index is 648. The summed E-state index contributed by atoms with van der Waals surface area (Å²) in [6.07, 6.45) is 0. The number of aromatic nitrogens is 3. The molecule has 0 aliphatic rings. The van der Waals surface area contributed by atoms with E-state index >= 15 is 0 Å². The number of aryl methyl sites for hydroxylation is 1. The van der Waals surface area contributed by atoms with Crippen LogP contribution in [-0.2, 0) is 6.54 Å². The first-order valence-corrected chi connectivity index (χ1v) is 6.35. The molecule has 0 bridgehead atoms. The average Bonchev–Trinajstić information content (AvgIpc) is 2.82. The van der Waals surface area contributed by atoms with Gasteiger partial charge in [-0.15, -0.1) is 10.2 Å². The van der Waals surface area contributed by atoms with Gasteiger partial charge in [0.05, 0.1) is 11.5 Å². The maximum Gasteiger partial charge on any atom is 0.270 e. The van der Waals surface area contributed by atoms with Gasteiger partial charge in [-0.25, -0.2) is 0 Å². The predicted molar refractivity (Wildman–Crippen MR) is 75.1 cm³/mol. The molecule has 7 nitrogen and oxygen atoms in total. The van der Waals surface area contributed by atoms with Crippen LogP contribution in [0.1, 0.15) is 31.3 Å². The average molecular weight is 275 g/mol.